The van der Waals surface area contributed by atoms with Crippen LogP contribution in [-0.2, 0) is 4.74 Å². The van der Waals surface area contributed by atoms with E-state index in [1.807, 2.05) is 6.07 Å². The van der Waals surface area contributed by atoms with Gasteiger partial charge in [-0.1, -0.05) is 18.2 Å². The standard InChI is InChI=1S/C10H6F2O/c11-10(12)8-13-7-6-9-4-2-1-3-5-9/h1-5,8H. The van der Waals surface area contributed by atoms with Crippen molar-refractivity contribution >= 4 is 0 Å². The van der Waals surface area contributed by atoms with E-state index in [1.54, 1.807) is 24.3 Å². The number of hydrogen-bond donors (Lipinski definition) is 0. The van der Waals surface area contributed by atoms with E-state index in [2.05, 4.69) is 16.8 Å². The average Bonchev–Trinajstić information content (AvgIpc) is 2.14. The average molecular weight is 180 g/mol. The molecule has 0 aliphatic carbocycles. The highest BCUT2D eigenvalue weighted by atomic mass is 19.3. The van der Waals surface area contributed by atoms with Gasteiger partial charge in [-0.3, -0.25) is 0 Å². The van der Waals surface area contributed by atoms with Crippen molar-refractivity contribution in [3.63, 3.8) is 0 Å². The van der Waals surface area contributed by atoms with Crippen LogP contribution in [0.5, 0.6) is 0 Å². The molecule has 0 spiro atoms. The molecular formula is C10H6F2O. The summed E-state index contributed by atoms with van der Waals surface area (Å²) >= 11 is 0. The summed E-state index contributed by atoms with van der Waals surface area (Å²) in [5.41, 5.74) is 0.718. The Hall–Kier alpha value is -1.82. The first kappa shape index (κ1) is 9.27. The van der Waals surface area contributed by atoms with Crippen LogP contribution in [0, 0.1) is 12.0 Å². The van der Waals surface area contributed by atoms with E-state index in [4.69, 9.17) is 0 Å². The van der Waals surface area contributed by atoms with Gasteiger partial charge in [0, 0.05) is 5.56 Å². The van der Waals surface area contributed by atoms with Gasteiger partial charge in [-0.2, -0.15) is 8.78 Å². The SMILES string of the molecule is FC(F)=COC#Cc1ccccc1. The van der Waals surface area contributed by atoms with Crippen LogP contribution >= 0.6 is 0 Å². The van der Waals surface area contributed by atoms with E-state index in [0.29, 0.717) is 6.26 Å². The first-order chi connectivity index (χ1) is 6.29. The molecule has 0 heterocycles. The van der Waals surface area contributed by atoms with Crippen molar-refractivity contribution in [2.45, 2.75) is 0 Å². The Balaban J connectivity index is 2.54. The molecule has 1 aromatic rings. The van der Waals surface area contributed by atoms with Gasteiger partial charge in [0.2, 0.25) is 0 Å². The molecule has 0 aliphatic heterocycles. The maximum atomic E-state index is 11.4. The molecule has 0 aromatic heterocycles. The Morgan fingerprint density at radius 1 is 1.23 bits per heavy atom. The van der Waals surface area contributed by atoms with Crippen LogP contribution in [0.3, 0.4) is 0 Å². The molecule has 0 unspecified atom stereocenters. The molecule has 0 fully saturated rings. The van der Waals surface area contributed by atoms with Gasteiger partial charge in [0.05, 0.1) is 0 Å². The van der Waals surface area contributed by atoms with Gasteiger partial charge in [-0.15, -0.1) is 0 Å². The second-order valence-electron chi connectivity index (χ2n) is 2.12. The molecular weight excluding hydrogens is 174 g/mol. The third kappa shape index (κ3) is 3.92. The molecule has 1 rings (SSSR count). The van der Waals surface area contributed by atoms with Crippen molar-refractivity contribution in [2.24, 2.45) is 0 Å². The van der Waals surface area contributed by atoms with Crippen LogP contribution in [-0.4, -0.2) is 0 Å². The molecule has 0 radical (unpaired) electrons. The molecule has 13 heavy (non-hydrogen) atoms. The van der Waals surface area contributed by atoms with Crippen molar-refractivity contribution in [3.8, 4) is 12.0 Å². The monoisotopic (exact) mass is 180 g/mol. The summed E-state index contributed by atoms with van der Waals surface area (Å²) in [5.74, 6) is 2.55. The normalized spacial score (nSPS) is 8.15. The summed E-state index contributed by atoms with van der Waals surface area (Å²) in [7, 11) is 0. The topological polar surface area (TPSA) is 9.23 Å². The zero-order valence-corrected chi connectivity index (χ0v) is 6.63. The van der Waals surface area contributed by atoms with Crippen molar-refractivity contribution in [1.29, 1.82) is 0 Å². The Kier molecular flexibility index (Phi) is 3.52. The summed E-state index contributed by atoms with van der Waals surface area (Å²) in [4.78, 5) is 0. The second-order valence-corrected chi connectivity index (χ2v) is 2.12. The Bertz CT molecular complexity index is 342. The molecule has 3 heteroatoms. The Labute approximate surface area is 74.6 Å². The van der Waals surface area contributed by atoms with Crippen molar-refractivity contribution < 1.29 is 13.5 Å². The molecule has 0 bridgehead atoms. The van der Waals surface area contributed by atoms with Crippen molar-refractivity contribution in [2.75, 3.05) is 0 Å². The minimum absolute atomic E-state index is 0.302. The maximum absolute atomic E-state index is 11.4. The van der Waals surface area contributed by atoms with E-state index >= 15 is 0 Å². The van der Waals surface area contributed by atoms with Gasteiger partial charge in [0.1, 0.15) is 6.11 Å². The molecule has 1 nitrogen and oxygen atoms in total. The first-order valence-corrected chi connectivity index (χ1v) is 3.52. The molecule has 66 valence electrons. The highest BCUT2D eigenvalue weighted by molar-refractivity contribution is 5.32. The van der Waals surface area contributed by atoms with E-state index in [0.717, 1.165) is 5.56 Å². The van der Waals surface area contributed by atoms with Crippen LogP contribution in [0.15, 0.2) is 42.7 Å². The van der Waals surface area contributed by atoms with Gasteiger partial charge in [0.15, 0.2) is 6.26 Å². The molecule has 0 N–H and O–H groups in total. The third-order valence-corrected chi connectivity index (χ3v) is 1.18. The predicted molar refractivity (Wildman–Crippen MR) is 44.7 cm³/mol. The molecule has 0 atom stereocenters. The Morgan fingerprint density at radius 3 is 2.54 bits per heavy atom. The van der Waals surface area contributed by atoms with Crippen molar-refractivity contribution in [3.05, 3.63) is 48.2 Å². The summed E-state index contributed by atoms with van der Waals surface area (Å²) in [5, 5.41) is 0. The largest absolute Gasteiger partial charge is 0.409 e. The van der Waals surface area contributed by atoms with Crippen LogP contribution in [0.4, 0.5) is 8.78 Å². The van der Waals surface area contributed by atoms with Crippen LogP contribution in [0.1, 0.15) is 5.56 Å². The van der Waals surface area contributed by atoms with Gasteiger partial charge in [-0.05, 0) is 18.1 Å². The summed E-state index contributed by atoms with van der Waals surface area (Å²) in [6.45, 7) is 0. The van der Waals surface area contributed by atoms with E-state index < -0.39 is 6.08 Å². The number of benzene rings is 1. The predicted octanol–water partition coefficient (Wildman–Crippen LogP) is 2.75. The highest BCUT2D eigenvalue weighted by Gasteiger charge is 1.84. The van der Waals surface area contributed by atoms with Crippen LogP contribution in [0.2, 0.25) is 0 Å². The van der Waals surface area contributed by atoms with Gasteiger partial charge in [0.25, 0.3) is 0 Å². The molecule has 1 aromatic carbocycles. The zero-order chi connectivity index (χ0) is 9.52. The number of hydrogen-bond acceptors (Lipinski definition) is 1. The lowest BCUT2D eigenvalue weighted by Gasteiger charge is -1.85. The fourth-order valence-corrected chi connectivity index (χ4v) is 0.684. The summed E-state index contributed by atoms with van der Waals surface area (Å²) in [6.07, 6.45) is 0.528. The van der Waals surface area contributed by atoms with Gasteiger partial charge >= 0.3 is 6.08 Å². The number of ether oxygens (including phenoxy) is 1. The molecule has 0 saturated carbocycles. The lowest BCUT2D eigenvalue weighted by Crippen LogP contribution is -1.72. The Morgan fingerprint density at radius 2 is 1.92 bits per heavy atom. The van der Waals surface area contributed by atoms with E-state index in [1.165, 1.54) is 0 Å². The fourth-order valence-electron chi connectivity index (χ4n) is 0.684. The van der Waals surface area contributed by atoms with E-state index in [-0.39, 0.29) is 0 Å². The van der Waals surface area contributed by atoms with E-state index in [9.17, 15) is 8.78 Å². The van der Waals surface area contributed by atoms with Gasteiger partial charge in [-0.25, -0.2) is 0 Å². The minimum atomic E-state index is -1.90. The second kappa shape index (κ2) is 4.94. The number of halogens is 2. The molecule has 0 aliphatic rings. The highest BCUT2D eigenvalue weighted by Crippen LogP contribution is 1.97. The first-order valence-electron chi connectivity index (χ1n) is 3.52. The summed E-state index contributed by atoms with van der Waals surface area (Å²) in [6, 6.07) is 8.95. The van der Waals surface area contributed by atoms with Crippen LogP contribution in [0.25, 0.3) is 0 Å². The molecule has 0 amide bonds. The minimum Gasteiger partial charge on any atom is -0.409 e. The fraction of sp³-hybridized carbons (Fsp3) is 0. The third-order valence-electron chi connectivity index (χ3n) is 1.18. The molecule has 0 saturated heterocycles. The lowest BCUT2D eigenvalue weighted by atomic mass is 10.2. The van der Waals surface area contributed by atoms with Gasteiger partial charge < -0.3 is 4.74 Å². The quantitative estimate of drug-likeness (QED) is 0.477. The van der Waals surface area contributed by atoms with Crippen molar-refractivity contribution in [1.82, 2.24) is 0 Å². The van der Waals surface area contributed by atoms with Crippen LogP contribution < -0.4 is 0 Å². The maximum Gasteiger partial charge on any atom is 0.306 e. The lowest BCUT2D eigenvalue weighted by molar-refractivity contribution is 0.347. The number of rotatable bonds is 1. The smallest absolute Gasteiger partial charge is 0.306 e. The zero-order valence-electron chi connectivity index (χ0n) is 6.63. The summed E-state index contributed by atoms with van der Waals surface area (Å²) < 4.78 is 27.1.